The molecule has 3 rings (SSSR count). The zero-order chi connectivity index (χ0) is 15.6. The number of benzene rings is 2. The molecule has 1 aliphatic carbocycles. The molecule has 2 aromatic carbocycles. The van der Waals surface area contributed by atoms with Crippen LogP contribution < -0.4 is 0 Å². The molecule has 0 bridgehead atoms. The molecule has 2 nitrogen and oxygen atoms in total. The molecular weight excluding hydrogens is 279 g/mol. The normalized spacial score (nSPS) is 26.5. The maximum Gasteiger partial charge on any atom is 0.317 e. The van der Waals surface area contributed by atoms with Gasteiger partial charge in [0.25, 0.3) is 0 Å². The highest BCUT2D eigenvalue weighted by molar-refractivity contribution is 5.91. The van der Waals surface area contributed by atoms with Crippen molar-refractivity contribution in [2.45, 2.75) is 24.2 Å². The van der Waals surface area contributed by atoms with Crippen LogP contribution in [0.1, 0.15) is 24.5 Å². The zero-order valence-electron chi connectivity index (χ0n) is 12.6. The molecule has 0 saturated heterocycles. The molecule has 0 aliphatic heterocycles. The largest absolute Gasteiger partial charge is 0.465 e. The Morgan fingerprint density at radius 1 is 1.05 bits per heavy atom. The predicted molar refractivity (Wildman–Crippen MR) is 83.5 cm³/mol. The van der Waals surface area contributed by atoms with Crippen LogP contribution in [0.15, 0.2) is 60.7 Å². The van der Waals surface area contributed by atoms with E-state index >= 15 is 0 Å². The van der Waals surface area contributed by atoms with Gasteiger partial charge < -0.3 is 4.74 Å². The molecular formula is C19H19FO2. The Bertz CT molecular complexity index is 656. The van der Waals surface area contributed by atoms with E-state index in [4.69, 9.17) is 4.74 Å². The van der Waals surface area contributed by atoms with Gasteiger partial charge in [0.15, 0.2) is 0 Å². The first kappa shape index (κ1) is 14.8. The number of alkyl halides is 1. The highest BCUT2D eigenvalue weighted by Crippen LogP contribution is 2.66. The van der Waals surface area contributed by atoms with Gasteiger partial charge in [0.2, 0.25) is 0 Å². The van der Waals surface area contributed by atoms with Gasteiger partial charge in [-0.05, 0) is 24.5 Å². The predicted octanol–water partition coefficient (Wildman–Crippen LogP) is 3.80. The quantitative estimate of drug-likeness (QED) is 0.785. The average Bonchev–Trinajstić information content (AvgIpc) is 3.29. The van der Waals surface area contributed by atoms with E-state index in [9.17, 15) is 9.18 Å². The SMILES string of the molecule is CCOC(=O)[C@]1(c2ccccc2)C[C@@]1(CF)c1ccccc1. The Labute approximate surface area is 129 Å². The van der Waals surface area contributed by atoms with E-state index in [1.807, 2.05) is 60.7 Å². The number of hydrogen-bond acceptors (Lipinski definition) is 2. The van der Waals surface area contributed by atoms with E-state index in [0.29, 0.717) is 13.0 Å². The number of carbonyl (C=O) groups excluding carboxylic acids is 1. The Balaban J connectivity index is 2.12. The first-order chi connectivity index (χ1) is 10.7. The van der Waals surface area contributed by atoms with Gasteiger partial charge in [0, 0.05) is 5.41 Å². The van der Waals surface area contributed by atoms with Crippen LogP contribution in [0, 0.1) is 0 Å². The molecule has 1 fully saturated rings. The number of halogens is 1. The van der Waals surface area contributed by atoms with E-state index in [2.05, 4.69) is 0 Å². The smallest absolute Gasteiger partial charge is 0.317 e. The molecule has 22 heavy (non-hydrogen) atoms. The summed E-state index contributed by atoms with van der Waals surface area (Å²) in [6.07, 6.45) is 0.448. The third-order valence-corrected chi connectivity index (χ3v) is 4.70. The first-order valence-electron chi connectivity index (χ1n) is 7.55. The van der Waals surface area contributed by atoms with Crippen molar-refractivity contribution in [2.75, 3.05) is 13.3 Å². The summed E-state index contributed by atoms with van der Waals surface area (Å²) in [5.74, 6) is -0.331. The van der Waals surface area contributed by atoms with Gasteiger partial charge in [-0.1, -0.05) is 60.7 Å². The lowest BCUT2D eigenvalue weighted by Crippen LogP contribution is -2.33. The van der Waals surface area contributed by atoms with Crippen molar-refractivity contribution < 1.29 is 13.9 Å². The highest BCUT2D eigenvalue weighted by Gasteiger charge is 2.74. The molecule has 0 heterocycles. The fourth-order valence-electron chi connectivity index (χ4n) is 3.49. The van der Waals surface area contributed by atoms with Gasteiger partial charge in [-0.2, -0.15) is 0 Å². The van der Waals surface area contributed by atoms with E-state index in [1.54, 1.807) is 6.92 Å². The van der Waals surface area contributed by atoms with Crippen molar-refractivity contribution in [1.82, 2.24) is 0 Å². The van der Waals surface area contributed by atoms with Gasteiger partial charge in [-0.15, -0.1) is 0 Å². The summed E-state index contributed by atoms with van der Waals surface area (Å²) in [6, 6.07) is 18.9. The van der Waals surface area contributed by atoms with Crippen molar-refractivity contribution >= 4 is 5.97 Å². The molecule has 1 saturated carbocycles. The third kappa shape index (κ3) is 1.96. The van der Waals surface area contributed by atoms with E-state index in [-0.39, 0.29) is 5.97 Å². The minimum Gasteiger partial charge on any atom is -0.465 e. The van der Waals surface area contributed by atoms with Crippen molar-refractivity contribution in [3.05, 3.63) is 71.8 Å². The maximum atomic E-state index is 14.1. The lowest BCUT2D eigenvalue weighted by molar-refractivity contribution is -0.147. The first-order valence-corrected chi connectivity index (χ1v) is 7.55. The lowest BCUT2D eigenvalue weighted by Gasteiger charge is -2.23. The van der Waals surface area contributed by atoms with Crippen molar-refractivity contribution in [3.63, 3.8) is 0 Å². The van der Waals surface area contributed by atoms with Crippen molar-refractivity contribution in [3.8, 4) is 0 Å². The van der Waals surface area contributed by atoms with Gasteiger partial charge in [0.05, 0.1) is 6.61 Å². The van der Waals surface area contributed by atoms with Gasteiger partial charge >= 0.3 is 5.97 Å². The average molecular weight is 298 g/mol. The second kappa shape index (κ2) is 5.56. The standard InChI is InChI=1S/C19H19FO2/c1-2-22-17(21)19(16-11-7-4-8-12-16)13-18(19,14-20)15-9-5-3-6-10-15/h3-12H,2,13-14H2,1H3/t18-,19-/m1/s1. The van der Waals surface area contributed by atoms with E-state index in [1.165, 1.54) is 0 Å². The number of carbonyl (C=O) groups is 1. The fraction of sp³-hybridized carbons (Fsp3) is 0.316. The van der Waals surface area contributed by atoms with Crippen LogP contribution in [0.25, 0.3) is 0 Å². The summed E-state index contributed by atoms with van der Waals surface area (Å²) in [6.45, 7) is 1.49. The minimum absolute atomic E-state index is 0.296. The Hall–Kier alpha value is -2.16. The maximum absolute atomic E-state index is 14.1. The molecule has 0 radical (unpaired) electrons. The van der Waals surface area contributed by atoms with Crippen LogP contribution in [0.4, 0.5) is 4.39 Å². The van der Waals surface area contributed by atoms with Crippen LogP contribution in [-0.4, -0.2) is 19.3 Å². The van der Waals surface area contributed by atoms with Crippen LogP contribution in [-0.2, 0) is 20.4 Å². The number of esters is 1. The highest BCUT2D eigenvalue weighted by atomic mass is 19.1. The van der Waals surface area contributed by atoms with Gasteiger partial charge in [-0.25, -0.2) is 0 Å². The summed E-state index contributed by atoms with van der Waals surface area (Å²) in [5.41, 5.74) is -0.0493. The molecule has 0 unspecified atom stereocenters. The molecule has 0 aromatic heterocycles. The Morgan fingerprint density at radius 3 is 2.09 bits per heavy atom. The second-order valence-electron chi connectivity index (χ2n) is 5.75. The van der Waals surface area contributed by atoms with Crippen LogP contribution >= 0.6 is 0 Å². The van der Waals surface area contributed by atoms with Crippen LogP contribution in [0.2, 0.25) is 0 Å². The third-order valence-electron chi connectivity index (χ3n) is 4.70. The number of rotatable bonds is 5. The molecule has 0 spiro atoms. The summed E-state index contributed by atoms with van der Waals surface area (Å²) in [4.78, 5) is 12.7. The lowest BCUT2D eigenvalue weighted by atomic mass is 9.82. The molecule has 0 N–H and O–H groups in total. The number of ether oxygens (including phenoxy) is 1. The minimum atomic E-state index is -0.916. The molecule has 1 aliphatic rings. The van der Waals surface area contributed by atoms with Gasteiger partial charge in [-0.3, -0.25) is 9.18 Å². The van der Waals surface area contributed by atoms with E-state index < -0.39 is 17.5 Å². The zero-order valence-corrected chi connectivity index (χ0v) is 12.6. The summed E-state index contributed by atoms with van der Waals surface area (Å²) < 4.78 is 19.4. The number of hydrogen-bond donors (Lipinski definition) is 0. The molecule has 0 amide bonds. The second-order valence-corrected chi connectivity index (χ2v) is 5.75. The molecule has 2 aromatic rings. The summed E-state index contributed by atoms with van der Waals surface area (Å²) in [7, 11) is 0. The summed E-state index contributed by atoms with van der Waals surface area (Å²) in [5, 5.41) is 0. The van der Waals surface area contributed by atoms with Gasteiger partial charge in [0.1, 0.15) is 12.1 Å². The Kier molecular flexibility index (Phi) is 3.73. The van der Waals surface area contributed by atoms with Crippen molar-refractivity contribution in [1.29, 1.82) is 0 Å². The molecule has 2 atom stereocenters. The van der Waals surface area contributed by atoms with E-state index in [0.717, 1.165) is 11.1 Å². The topological polar surface area (TPSA) is 26.3 Å². The van der Waals surface area contributed by atoms with Crippen LogP contribution in [0.3, 0.4) is 0 Å². The van der Waals surface area contributed by atoms with Crippen molar-refractivity contribution in [2.24, 2.45) is 0 Å². The van der Waals surface area contributed by atoms with Crippen LogP contribution in [0.5, 0.6) is 0 Å². The Morgan fingerprint density at radius 2 is 1.59 bits per heavy atom. The molecule has 3 heteroatoms. The molecule has 114 valence electrons. The fourth-order valence-corrected chi connectivity index (χ4v) is 3.49. The monoisotopic (exact) mass is 298 g/mol. The summed E-state index contributed by atoms with van der Waals surface area (Å²) >= 11 is 0.